The minimum absolute atomic E-state index is 0.0648. The van der Waals surface area contributed by atoms with Crippen molar-refractivity contribution in [1.29, 1.82) is 0 Å². The number of fused-ring (bicyclic) bond motifs is 9. The molecule has 0 radical (unpaired) electrons. The monoisotopic (exact) mass is 681 g/mol. The zero-order chi connectivity index (χ0) is 35.3. The lowest BCUT2D eigenvalue weighted by Crippen LogP contribution is -2.40. The van der Waals surface area contributed by atoms with Gasteiger partial charge in [0.15, 0.2) is 5.76 Å². The van der Waals surface area contributed by atoms with Crippen LogP contribution in [0.3, 0.4) is 0 Å². The van der Waals surface area contributed by atoms with E-state index in [0.29, 0.717) is 0 Å². The van der Waals surface area contributed by atoms with E-state index in [1.165, 1.54) is 54.9 Å². The van der Waals surface area contributed by atoms with Crippen LogP contribution in [0.25, 0.3) is 66.3 Å². The van der Waals surface area contributed by atoms with E-state index in [0.717, 1.165) is 45.3 Å². The number of hydrogen-bond donors (Lipinski definition) is 1. The minimum atomic E-state index is -0.181. The molecule has 1 atom stereocenters. The molecule has 0 saturated carbocycles. The van der Waals surface area contributed by atoms with Crippen LogP contribution >= 0.6 is 0 Å². The number of aliphatic imine (C=N–C) groups is 1. The quantitative estimate of drug-likeness (QED) is 0.202. The molecule has 252 valence electrons. The Kier molecular flexibility index (Phi) is 6.33. The maximum Gasteiger partial charge on any atom is 0.209 e. The lowest BCUT2D eigenvalue weighted by molar-refractivity contribution is 0.379. The minimum Gasteiger partial charge on any atom is -0.456 e. The van der Waals surface area contributed by atoms with Gasteiger partial charge in [0.05, 0.1) is 11.0 Å². The summed E-state index contributed by atoms with van der Waals surface area (Å²) in [7, 11) is 0. The smallest absolute Gasteiger partial charge is 0.209 e. The number of rotatable bonds is 3. The van der Waals surface area contributed by atoms with E-state index in [9.17, 15) is 0 Å². The van der Waals surface area contributed by atoms with Crippen LogP contribution in [0, 0.1) is 0 Å². The summed E-state index contributed by atoms with van der Waals surface area (Å²) >= 11 is 0. The first-order valence-electron chi connectivity index (χ1n) is 18.3. The molecule has 0 amide bonds. The molecule has 0 bridgehead atoms. The van der Waals surface area contributed by atoms with Crippen molar-refractivity contribution in [3.05, 3.63) is 192 Å². The van der Waals surface area contributed by atoms with Crippen LogP contribution in [0.4, 0.5) is 0 Å². The van der Waals surface area contributed by atoms with Gasteiger partial charge in [-0.15, -0.1) is 0 Å². The molecule has 3 heterocycles. The first-order valence-corrected chi connectivity index (χ1v) is 18.3. The molecule has 53 heavy (non-hydrogen) atoms. The van der Waals surface area contributed by atoms with Crippen molar-refractivity contribution in [1.82, 2.24) is 9.88 Å². The fourth-order valence-electron chi connectivity index (χ4n) is 8.84. The van der Waals surface area contributed by atoms with Gasteiger partial charge in [-0.3, -0.25) is 4.57 Å². The zero-order valence-electron chi connectivity index (χ0n) is 29.5. The fraction of sp³-hybridized carbons (Fsp3) is 0.0816. The maximum absolute atomic E-state index is 6.61. The molecule has 1 N–H and O–H groups in total. The molecule has 0 spiro atoms. The van der Waals surface area contributed by atoms with Crippen LogP contribution in [-0.2, 0) is 10.2 Å². The highest BCUT2D eigenvalue weighted by atomic mass is 16.5. The van der Waals surface area contributed by atoms with Gasteiger partial charge < -0.3 is 10.1 Å². The van der Waals surface area contributed by atoms with Crippen LogP contribution < -0.4 is 5.32 Å². The summed E-state index contributed by atoms with van der Waals surface area (Å²) < 4.78 is 8.91. The van der Waals surface area contributed by atoms with E-state index in [-0.39, 0.29) is 11.5 Å². The second-order valence-electron chi connectivity index (χ2n) is 14.8. The Bertz CT molecular complexity index is 2910. The molecule has 2 aliphatic heterocycles. The van der Waals surface area contributed by atoms with Gasteiger partial charge in [0, 0.05) is 27.3 Å². The van der Waals surface area contributed by atoms with Gasteiger partial charge >= 0.3 is 0 Å². The standard InChI is InChI=1S/C49H35N3O/c1-49(2)39-20-12-11-19-36(39)37-24-21-34(28-40(37)49)33-23-25-42-38(27-33)45-35-18-10-9-13-30(35)22-26-43(45)52(42)48-50-41-29-44(31-14-5-3-6-15-31)53-47(41)46(51-48)32-16-7-4-8-17-32/h3-29,41H,1-2H3,(H,50,51). The topological polar surface area (TPSA) is 38.5 Å². The fourth-order valence-corrected chi connectivity index (χ4v) is 8.84. The summed E-state index contributed by atoms with van der Waals surface area (Å²) in [6.07, 6.45) is 2.18. The number of benzene rings is 7. The van der Waals surface area contributed by atoms with E-state index < -0.39 is 0 Å². The van der Waals surface area contributed by atoms with Gasteiger partial charge in [0.25, 0.3) is 0 Å². The van der Waals surface area contributed by atoms with Crippen LogP contribution in [0.5, 0.6) is 0 Å². The highest BCUT2D eigenvalue weighted by molar-refractivity contribution is 6.24. The number of nitrogens with zero attached hydrogens (tertiary/aromatic N) is 2. The molecule has 0 saturated heterocycles. The number of nitrogens with one attached hydrogen (secondary N) is 1. The molecule has 1 unspecified atom stereocenters. The Morgan fingerprint density at radius 2 is 1.26 bits per heavy atom. The highest BCUT2D eigenvalue weighted by Gasteiger charge is 2.36. The van der Waals surface area contributed by atoms with Crippen molar-refractivity contribution in [3.63, 3.8) is 0 Å². The third-order valence-electron chi connectivity index (χ3n) is 11.4. The van der Waals surface area contributed by atoms with Crippen molar-refractivity contribution in [2.75, 3.05) is 0 Å². The summed E-state index contributed by atoms with van der Waals surface area (Å²) in [4.78, 5) is 5.39. The van der Waals surface area contributed by atoms with E-state index >= 15 is 0 Å². The Hall–Kier alpha value is -6.65. The van der Waals surface area contributed by atoms with Crippen LogP contribution in [0.15, 0.2) is 175 Å². The van der Waals surface area contributed by atoms with Gasteiger partial charge in [-0.2, -0.15) is 0 Å². The molecule has 7 aromatic carbocycles. The summed E-state index contributed by atoms with van der Waals surface area (Å²) in [5.74, 6) is 2.42. The van der Waals surface area contributed by atoms with Crippen molar-refractivity contribution in [2.45, 2.75) is 25.3 Å². The van der Waals surface area contributed by atoms with E-state index in [1.54, 1.807) is 0 Å². The van der Waals surface area contributed by atoms with Crippen molar-refractivity contribution in [2.24, 2.45) is 4.99 Å². The Morgan fingerprint density at radius 1 is 0.585 bits per heavy atom. The molecule has 3 aliphatic rings. The Labute approximate surface area is 308 Å². The van der Waals surface area contributed by atoms with Crippen molar-refractivity contribution >= 4 is 50.0 Å². The molecular formula is C49H35N3O. The first kappa shape index (κ1) is 30.0. The lowest BCUT2D eigenvalue weighted by atomic mass is 9.81. The third-order valence-corrected chi connectivity index (χ3v) is 11.4. The van der Waals surface area contributed by atoms with Gasteiger partial charge in [0.1, 0.15) is 17.5 Å². The van der Waals surface area contributed by atoms with Gasteiger partial charge in [-0.25, -0.2) is 4.99 Å². The molecule has 11 rings (SSSR count). The van der Waals surface area contributed by atoms with Gasteiger partial charge in [-0.1, -0.05) is 147 Å². The summed E-state index contributed by atoms with van der Waals surface area (Å²) in [6, 6.07) is 56.4. The number of aromatic nitrogens is 1. The average molecular weight is 682 g/mol. The SMILES string of the molecule is CC1(C)c2ccccc2-c2ccc(-c3ccc4c(c3)c3c5ccccc5ccc3n4C3=NC(c4ccccc4)=C4OC(c5ccccc5)=CC4N3)cc21. The molecule has 4 heteroatoms. The zero-order valence-corrected chi connectivity index (χ0v) is 29.5. The largest absolute Gasteiger partial charge is 0.456 e. The van der Waals surface area contributed by atoms with Crippen LogP contribution in [0.1, 0.15) is 36.1 Å². The lowest BCUT2D eigenvalue weighted by Gasteiger charge is -2.24. The highest BCUT2D eigenvalue weighted by Crippen LogP contribution is 2.50. The predicted octanol–water partition coefficient (Wildman–Crippen LogP) is 11.5. The average Bonchev–Trinajstić information content (AvgIpc) is 3.86. The summed E-state index contributed by atoms with van der Waals surface area (Å²) in [5, 5.41) is 8.65. The molecule has 1 aromatic heterocycles. The molecular weight excluding hydrogens is 647 g/mol. The predicted molar refractivity (Wildman–Crippen MR) is 219 cm³/mol. The Balaban J connectivity index is 1.11. The van der Waals surface area contributed by atoms with Crippen LogP contribution in [0.2, 0.25) is 0 Å². The van der Waals surface area contributed by atoms with Gasteiger partial charge in [-0.05, 0) is 74.5 Å². The maximum atomic E-state index is 6.61. The summed E-state index contributed by atoms with van der Waals surface area (Å²) in [6.45, 7) is 4.69. The second-order valence-corrected chi connectivity index (χ2v) is 14.8. The molecule has 4 nitrogen and oxygen atoms in total. The van der Waals surface area contributed by atoms with Crippen molar-refractivity contribution in [3.8, 4) is 22.3 Å². The van der Waals surface area contributed by atoms with E-state index in [2.05, 4.69) is 163 Å². The molecule has 0 fully saturated rings. The molecule has 8 aromatic rings. The van der Waals surface area contributed by atoms with E-state index in [4.69, 9.17) is 9.73 Å². The number of ether oxygens (including phenoxy) is 1. The summed E-state index contributed by atoms with van der Waals surface area (Å²) in [5.41, 5.74) is 12.9. The number of hydrogen-bond acceptors (Lipinski definition) is 3. The third kappa shape index (κ3) is 4.45. The second kappa shape index (κ2) is 11.2. The van der Waals surface area contributed by atoms with Crippen molar-refractivity contribution < 1.29 is 4.74 Å². The first-order chi connectivity index (χ1) is 26.0. The Morgan fingerprint density at radius 3 is 2.11 bits per heavy atom. The van der Waals surface area contributed by atoms with E-state index in [1.807, 2.05) is 24.3 Å². The van der Waals surface area contributed by atoms with Crippen LogP contribution in [-0.4, -0.2) is 16.6 Å². The van der Waals surface area contributed by atoms with Gasteiger partial charge in [0.2, 0.25) is 5.96 Å². The molecule has 1 aliphatic carbocycles. The normalized spacial score (nSPS) is 16.9.